The Balaban J connectivity index is 2.60. The SMILES string of the molecule is Cc1csc2c1cc([N+](=O)[O-])c1ccccc12. The highest BCUT2D eigenvalue weighted by Gasteiger charge is 2.16. The number of non-ortho nitro benzene ring substituents is 1. The molecule has 0 aliphatic rings. The number of aryl methyl sites for hydroxylation is 1. The van der Waals surface area contributed by atoms with E-state index in [1.165, 1.54) is 0 Å². The second-order valence-corrected chi connectivity index (χ2v) is 4.87. The van der Waals surface area contributed by atoms with Crippen molar-refractivity contribution in [2.75, 3.05) is 0 Å². The lowest BCUT2D eigenvalue weighted by atomic mass is 10.0. The molecule has 3 rings (SSSR count). The molecule has 0 N–H and O–H groups in total. The zero-order chi connectivity index (χ0) is 12.0. The lowest BCUT2D eigenvalue weighted by Crippen LogP contribution is -1.89. The van der Waals surface area contributed by atoms with Crippen molar-refractivity contribution >= 4 is 37.9 Å². The van der Waals surface area contributed by atoms with Gasteiger partial charge in [0, 0.05) is 21.5 Å². The first-order valence-electron chi connectivity index (χ1n) is 5.22. The zero-order valence-corrected chi connectivity index (χ0v) is 9.95. The van der Waals surface area contributed by atoms with E-state index in [2.05, 4.69) is 0 Å². The van der Waals surface area contributed by atoms with Crippen molar-refractivity contribution in [1.29, 1.82) is 0 Å². The van der Waals surface area contributed by atoms with Crippen LogP contribution < -0.4 is 0 Å². The molecule has 0 spiro atoms. The van der Waals surface area contributed by atoms with Crippen molar-refractivity contribution in [3.63, 3.8) is 0 Å². The van der Waals surface area contributed by atoms with Gasteiger partial charge in [0.2, 0.25) is 0 Å². The maximum atomic E-state index is 11.1. The topological polar surface area (TPSA) is 43.1 Å². The fourth-order valence-electron chi connectivity index (χ4n) is 2.11. The van der Waals surface area contributed by atoms with E-state index in [-0.39, 0.29) is 10.6 Å². The minimum absolute atomic E-state index is 0.189. The summed E-state index contributed by atoms with van der Waals surface area (Å²) in [5.74, 6) is 0. The van der Waals surface area contributed by atoms with Gasteiger partial charge in [0.1, 0.15) is 0 Å². The Morgan fingerprint density at radius 2 is 1.88 bits per heavy atom. The Labute approximate surface area is 101 Å². The lowest BCUT2D eigenvalue weighted by Gasteiger charge is -2.01. The molecular weight excluding hydrogens is 234 g/mol. The zero-order valence-electron chi connectivity index (χ0n) is 9.14. The normalized spacial score (nSPS) is 11.1. The van der Waals surface area contributed by atoms with Crippen molar-refractivity contribution < 1.29 is 4.92 Å². The Bertz CT molecular complexity index is 746. The van der Waals surface area contributed by atoms with Crippen LogP contribution in [0.3, 0.4) is 0 Å². The highest BCUT2D eigenvalue weighted by atomic mass is 32.1. The highest BCUT2D eigenvalue weighted by molar-refractivity contribution is 7.18. The van der Waals surface area contributed by atoms with E-state index in [0.29, 0.717) is 5.39 Å². The molecule has 0 radical (unpaired) electrons. The molecule has 0 aliphatic carbocycles. The predicted octanol–water partition coefficient (Wildman–Crippen LogP) is 4.27. The summed E-state index contributed by atoms with van der Waals surface area (Å²) < 4.78 is 1.13. The van der Waals surface area contributed by atoms with Gasteiger partial charge in [0.15, 0.2) is 0 Å². The van der Waals surface area contributed by atoms with E-state index in [1.54, 1.807) is 17.4 Å². The van der Waals surface area contributed by atoms with Gasteiger partial charge in [-0.25, -0.2) is 0 Å². The molecule has 0 unspecified atom stereocenters. The van der Waals surface area contributed by atoms with E-state index >= 15 is 0 Å². The molecule has 4 heteroatoms. The number of rotatable bonds is 1. The number of hydrogen-bond acceptors (Lipinski definition) is 3. The summed E-state index contributed by atoms with van der Waals surface area (Å²) in [7, 11) is 0. The number of nitrogens with zero attached hydrogens (tertiary/aromatic N) is 1. The molecule has 0 amide bonds. The molecule has 1 aromatic heterocycles. The third-order valence-electron chi connectivity index (χ3n) is 2.95. The van der Waals surface area contributed by atoms with Gasteiger partial charge in [-0.2, -0.15) is 0 Å². The van der Waals surface area contributed by atoms with Crippen LogP contribution in [-0.4, -0.2) is 4.92 Å². The third-order valence-corrected chi connectivity index (χ3v) is 4.10. The van der Waals surface area contributed by atoms with Crippen molar-refractivity contribution in [2.45, 2.75) is 6.92 Å². The van der Waals surface area contributed by atoms with E-state index in [0.717, 1.165) is 21.0 Å². The number of nitro groups is 1. The van der Waals surface area contributed by atoms with E-state index in [4.69, 9.17) is 0 Å². The van der Waals surface area contributed by atoms with E-state index in [1.807, 2.05) is 36.6 Å². The van der Waals surface area contributed by atoms with Gasteiger partial charge in [0.25, 0.3) is 5.69 Å². The van der Waals surface area contributed by atoms with Crippen LogP contribution in [0.2, 0.25) is 0 Å². The second kappa shape index (κ2) is 3.53. The van der Waals surface area contributed by atoms with E-state index in [9.17, 15) is 10.1 Å². The molecule has 0 atom stereocenters. The van der Waals surface area contributed by atoms with Gasteiger partial charge >= 0.3 is 0 Å². The van der Waals surface area contributed by atoms with Crippen LogP contribution in [0.1, 0.15) is 5.56 Å². The van der Waals surface area contributed by atoms with Crippen LogP contribution in [-0.2, 0) is 0 Å². The summed E-state index contributed by atoms with van der Waals surface area (Å²) in [6, 6.07) is 9.19. The third kappa shape index (κ3) is 1.41. The Kier molecular flexibility index (Phi) is 2.12. The molecule has 1 heterocycles. The molecule has 84 valence electrons. The quantitative estimate of drug-likeness (QED) is 0.473. The lowest BCUT2D eigenvalue weighted by molar-refractivity contribution is -0.382. The number of thiophene rings is 1. The first kappa shape index (κ1) is 10.2. The number of fused-ring (bicyclic) bond motifs is 3. The van der Waals surface area contributed by atoms with Crippen LogP contribution in [0.5, 0.6) is 0 Å². The Morgan fingerprint density at radius 1 is 1.18 bits per heavy atom. The van der Waals surface area contributed by atoms with Gasteiger partial charge < -0.3 is 0 Å². The summed E-state index contributed by atoms with van der Waals surface area (Å²) in [4.78, 5) is 10.8. The van der Waals surface area contributed by atoms with E-state index < -0.39 is 0 Å². The number of hydrogen-bond donors (Lipinski definition) is 0. The standard InChI is InChI=1S/C13H9NO2S/c1-8-7-17-13-10-5-3-2-4-9(10)12(14(15)16)6-11(8)13/h2-7H,1H3. The smallest absolute Gasteiger partial charge is 0.258 e. The average Bonchev–Trinajstić information content (AvgIpc) is 2.70. The Morgan fingerprint density at radius 3 is 2.59 bits per heavy atom. The van der Waals surface area contributed by atoms with Gasteiger partial charge in [-0.15, -0.1) is 11.3 Å². The van der Waals surface area contributed by atoms with Crippen molar-refractivity contribution in [3.8, 4) is 0 Å². The Hall–Kier alpha value is -1.94. The van der Waals surface area contributed by atoms with Crippen LogP contribution in [0.15, 0.2) is 35.7 Å². The minimum Gasteiger partial charge on any atom is -0.258 e. The average molecular weight is 243 g/mol. The van der Waals surface area contributed by atoms with Crippen LogP contribution in [0.4, 0.5) is 5.69 Å². The molecule has 0 saturated carbocycles. The van der Waals surface area contributed by atoms with Crippen molar-refractivity contribution in [3.05, 3.63) is 51.4 Å². The summed E-state index contributed by atoms with van der Waals surface area (Å²) in [6.45, 7) is 1.98. The molecule has 0 aliphatic heterocycles. The second-order valence-electron chi connectivity index (χ2n) is 3.99. The minimum atomic E-state index is -0.307. The van der Waals surface area contributed by atoms with Gasteiger partial charge in [0.05, 0.1) is 10.3 Å². The maximum Gasteiger partial charge on any atom is 0.277 e. The molecule has 0 saturated heterocycles. The van der Waals surface area contributed by atoms with Crippen molar-refractivity contribution in [2.24, 2.45) is 0 Å². The molecular formula is C13H9NO2S. The largest absolute Gasteiger partial charge is 0.277 e. The fourth-order valence-corrected chi connectivity index (χ4v) is 3.18. The molecule has 0 bridgehead atoms. The van der Waals surface area contributed by atoms with Crippen molar-refractivity contribution in [1.82, 2.24) is 0 Å². The predicted molar refractivity (Wildman–Crippen MR) is 70.7 cm³/mol. The van der Waals surface area contributed by atoms with Gasteiger partial charge in [-0.05, 0) is 23.9 Å². The summed E-state index contributed by atoms with van der Waals surface area (Å²) in [5.41, 5.74) is 1.29. The molecule has 3 nitrogen and oxygen atoms in total. The first-order valence-corrected chi connectivity index (χ1v) is 6.10. The van der Waals surface area contributed by atoms with Crippen LogP contribution in [0, 0.1) is 17.0 Å². The molecule has 3 aromatic rings. The maximum absolute atomic E-state index is 11.1. The highest BCUT2D eigenvalue weighted by Crippen LogP contribution is 2.37. The summed E-state index contributed by atoms with van der Waals surface area (Å²) in [5, 5.41) is 15.8. The summed E-state index contributed by atoms with van der Waals surface area (Å²) >= 11 is 1.64. The monoisotopic (exact) mass is 243 g/mol. The molecule has 0 fully saturated rings. The summed E-state index contributed by atoms with van der Waals surface area (Å²) in [6.07, 6.45) is 0. The molecule has 17 heavy (non-hydrogen) atoms. The first-order chi connectivity index (χ1) is 8.18. The molecule has 2 aromatic carbocycles. The number of benzene rings is 2. The van der Waals surface area contributed by atoms with Crippen LogP contribution >= 0.6 is 11.3 Å². The van der Waals surface area contributed by atoms with Gasteiger partial charge in [-0.1, -0.05) is 18.2 Å². The number of nitro benzene ring substituents is 1. The fraction of sp³-hybridized carbons (Fsp3) is 0.0769. The van der Waals surface area contributed by atoms with Gasteiger partial charge in [-0.3, -0.25) is 10.1 Å². The van der Waals surface area contributed by atoms with Crippen LogP contribution in [0.25, 0.3) is 20.9 Å².